The van der Waals surface area contributed by atoms with Crippen LogP contribution in [0, 0.1) is 0 Å². The van der Waals surface area contributed by atoms with Crippen molar-refractivity contribution in [3.8, 4) is 17.4 Å². The summed E-state index contributed by atoms with van der Waals surface area (Å²) >= 11 is 11.9. The van der Waals surface area contributed by atoms with Crippen LogP contribution in [0.1, 0.15) is 25.3 Å². The highest BCUT2D eigenvalue weighted by molar-refractivity contribution is 7.46. The van der Waals surface area contributed by atoms with E-state index in [4.69, 9.17) is 47.7 Å². The summed E-state index contributed by atoms with van der Waals surface area (Å²) in [4.78, 5) is 39.3. The highest BCUT2D eigenvalue weighted by Gasteiger charge is 2.20. The van der Waals surface area contributed by atoms with Crippen LogP contribution in [-0.4, -0.2) is 25.9 Å². The summed E-state index contributed by atoms with van der Waals surface area (Å²) in [5.41, 5.74) is -0.351. The Morgan fingerprint density at radius 2 is 1.93 bits per heavy atom. The first-order valence-electron chi connectivity index (χ1n) is 7.35. The third-order valence-corrected chi connectivity index (χ3v) is 4.08. The zero-order valence-corrected chi connectivity index (χ0v) is 16.4. The van der Waals surface area contributed by atoms with Gasteiger partial charge in [-0.2, -0.15) is 0 Å². The number of hydrogen-bond acceptors (Lipinski definition) is 7. The van der Waals surface area contributed by atoms with Gasteiger partial charge >= 0.3 is 13.7 Å². The zero-order chi connectivity index (χ0) is 20.2. The van der Waals surface area contributed by atoms with Crippen molar-refractivity contribution in [2.45, 2.75) is 19.8 Å². The highest BCUT2D eigenvalue weighted by atomic mass is 35.5. The van der Waals surface area contributed by atoms with Gasteiger partial charge in [-0.3, -0.25) is 14.6 Å². The lowest BCUT2D eigenvalue weighted by molar-refractivity contribution is -0.105. The van der Waals surface area contributed by atoms with Gasteiger partial charge in [-0.25, -0.2) is 9.09 Å². The number of ether oxygens (including phenoxy) is 1. The molecule has 0 fully saturated rings. The number of phosphoric acid groups is 1. The van der Waals surface area contributed by atoms with Gasteiger partial charge in [0, 0.05) is 23.4 Å². The quantitative estimate of drug-likeness (QED) is 0.275. The molecular formula is C14H15Cl2N2O8P. The van der Waals surface area contributed by atoms with Crippen LogP contribution in [0.4, 0.5) is 0 Å². The SMILES string of the molecule is CC(C)c1c(Cl)c(OOc2cccc(OCOP(=O)(O)O)c2)nn(Cl)c1=O. The molecule has 0 aliphatic rings. The van der Waals surface area contributed by atoms with Crippen LogP contribution < -0.4 is 20.1 Å². The molecule has 1 aromatic heterocycles. The Bertz CT molecular complexity index is 914. The number of phosphoric ester groups is 1. The fourth-order valence-electron chi connectivity index (χ4n) is 1.90. The Hall–Kier alpha value is -1.81. The molecule has 0 bridgehead atoms. The van der Waals surface area contributed by atoms with Gasteiger partial charge in [-0.05, 0) is 18.1 Å². The molecule has 2 rings (SSSR count). The maximum Gasteiger partial charge on any atom is 0.472 e. The Morgan fingerprint density at radius 1 is 1.26 bits per heavy atom. The average Bonchev–Trinajstić information content (AvgIpc) is 2.56. The number of halogens is 2. The molecule has 0 radical (unpaired) electrons. The second-order valence-electron chi connectivity index (χ2n) is 5.38. The van der Waals surface area contributed by atoms with E-state index < -0.39 is 20.2 Å². The van der Waals surface area contributed by atoms with Gasteiger partial charge in [0.2, 0.25) is 0 Å². The van der Waals surface area contributed by atoms with Gasteiger partial charge in [0.25, 0.3) is 5.56 Å². The van der Waals surface area contributed by atoms with Crippen molar-refractivity contribution < 1.29 is 33.4 Å². The van der Waals surface area contributed by atoms with Crippen LogP contribution in [0.15, 0.2) is 29.1 Å². The van der Waals surface area contributed by atoms with E-state index in [-0.39, 0.29) is 33.9 Å². The van der Waals surface area contributed by atoms with E-state index in [0.29, 0.717) is 4.20 Å². The molecule has 27 heavy (non-hydrogen) atoms. The smallest absolute Gasteiger partial charge is 0.467 e. The summed E-state index contributed by atoms with van der Waals surface area (Å²) < 4.78 is 20.4. The largest absolute Gasteiger partial charge is 0.472 e. The summed E-state index contributed by atoms with van der Waals surface area (Å²) in [6, 6.07) is 5.89. The fourth-order valence-corrected chi connectivity index (χ4v) is 2.62. The molecule has 0 unspecified atom stereocenters. The summed E-state index contributed by atoms with van der Waals surface area (Å²) in [5, 5.41) is 3.65. The lowest BCUT2D eigenvalue weighted by Crippen LogP contribution is -2.23. The first-order valence-corrected chi connectivity index (χ1v) is 9.59. The standard InChI is InChI=1S/C14H15Cl2N2O8P/c1-8(2)11-12(15)13(17-18(16)14(11)19)26-25-10-5-3-4-9(6-10)23-7-24-27(20,21)22/h3-6,8H,7H2,1-2H3,(H2,20,21,22). The van der Waals surface area contributed by atoms with Crippen LogP contribution in [0.25, 0.3) is 0 Å². The van der Waals surface area contributed by atoms with Crippen molar-refractivity contribution in [3.63, 3.8) is 0 Å². The minimum Gasteiger partial charge on any atom is -0.467 e. The number of hydrogen-bond donors (Lipinski definition) is 2. The van der Waals surface area contributed by atoms with Crippen molar-refractivity contribution in [2.24, 2.45) is 0 Å². The Morgan fingerprint density at radius 3 is 2.56 bits per heavy atom. The van der Waals surface area contributed by atoms with Crippen LogP contribution in [0.2, 0.25) is 5.02 Å². The Labute approximate surface area is 163 Å². The lowest BCUT2D eigenvalue weighted by Gasteiger charge is -2.12. The molecule has 0 spiro atoms. The second-order valence-corrected chi connectivity index (χ2v) is 7.31. The van der Waals surface area contributed by atoms with Gasteiger partial charge in [0.15, 0.2) is 12.5 Å². The molecule has 10 nitrogen and oxygen atoms in total. The normalized spacial score (nSPS) is 11.5. The van der Waals surface area contributed by atoms with E-state index in [2.05, 4.69) is 9.62 Å². The molecule has 1 aromatic carbocycles. The number of rotatable bonds is 8. The molecule has 0 atom stereocenters. The van der Waals surface area contributed by atoms with E-state index in [1.54, 1.807) is 13.8 Å². The third-order valence-electron chi connectivity index (χ3n) is 3.05. The van der Waals surface area contributed by atoms with E-state index >= 15 is 0 Å². The predicted octanol–water partition coefficient (Wildman–Crippen LogP) is 2.84. The average molecular weight is 441 g/mol. The van der Waals surface area contributed by atoms with Gasteiger partial charge in [0.1, 0.15) is 10.8 Å². The first kappa shape index (κ1) is 21.5. The summed E-state index contributed by atoms with van der Waals surface area (Å²) in [5.74, 6) is -0.106. The molecule has 148 valence electrons. The number of aromatic nitrogens is 2. The number of benzene rings is 1. The molecule has 0 aliphatic carbocycles. The second kappa shape index (κ2) is 8.92. The third kappa shape index (κ3) is 6.10. The van der Waals surface area contributed by atoms with Gasteiger partial charge in [-0.15, -0.1) is 9.30 Å². The van der Waals surface area contributed by atoms with E-state index in [0.717, 1.165) is 0 Å². The molecular weight excluding hydrogens is 426 g/mol. The highest BCUT2D eigenvalue weighted by Crippen LogP contribution is 2.35. The lowest BCUT2D eigenvalue weighted by atomic mass is 10.1. The minimum absolute atomic E-state index is 0.0330. The molecule has 0 saturated carbocycles. The Kier molecular flexibility index (Phi) is 7.10. The summed E-state index contributed by atoms with van der Waals surface area (Å²) in [6.45, 7) is 2.84. The summed E-state index contributed by atoms with van der Waals surface area (Å²) in [7, 11) is -4.64. The molecule has 1 heterocycles. The van der Waals surface area contributed by atoms with Crippen molar-refractivity contribution in [2.75, 3.05) is 6.79 Å². The van der Waals surface area contributed by atoms with Gasteiger partial charge < -0.3 is 14.5 Å². The van der Waals surface area contributed by atoms with E-state index in [1.165, 1.54) is 24.3 Å². The summed E-state index contributed by atoms with van der Waals surface area (Å²) in [6.07, 6.45) is 0. The van der Waals surface area contributed by atoms with Crippen molar-refractivity contribution in [1.29, 1.82) is 0 Å². The van der Waals surface area contributed by atoms with E-state index in [1.807, 2.05) is 0 Å². The van der Waals surface area contributed by atoms with E-state index in [9.17, 15) is 9.36 Å². The van der Waals surface area contributed by atoms with Crippen molar-refractivity contribution in [1.82, 2.24) is 9.30 Å². The minimum atomic E-state index is -4.64. The van der Waals surface area contributed by atoms with Crippen molar-refractivity contribution in [3.05, 3.63) is 45.2 Å². The van der Waals surface area contributed by atoms with Crippen molar-refractivity contribution >= 4 is 31.2 Å². The van der Waals surface area contributed by atoms with Crippen LogP contribution in [0.5, 0.6) is 17.4 Å². The molecule has 0 aliphatic heterocycles. The molecule has 2 N–H and O–H groups in total. The molecule has 0 saturated heterocycles. The van der Waals surface area contributed by atoms with Crippen LogP contribution >= 0.6 is 31.2 Å². The van der Waals surface area contributed by atoms with Crippen LogP contribution in [0.3, 0.4) is 0 Å². The monoisotopic (exact) mass is 440 g/mol. The molecule has 0 amide bonds. The van der Waals surface area contributed by atoms with Crippen LogP contribution in [-0.2, 0) is 9.09 Å². The maximum absolute atomic E-state index is 12.0. The molecule has 13 heteroatoms. The topological polar surface area (TPSA) is 129 Å². The van der Waals surface area contributed by atoms with Gasteiger partial charge in [-0.1, -0.05) is 31.5 Å². The predicted molar refractivity (Wildman–Crippen MR) is 95.2 cm³/mol. The Balaban J connectivity index is 2.10. The zero-order valence-electron chi connectivity index (χ0n) is 14.0. The first-order chi connectivity index (χ1) is 12.6. The van der Waals surface area contributed by atoms with Gasteiger partial charge in [0.05, 0.1) is 0 Å². The number of nitrogens with zero attached hydrogens (tertiary/aromatic N) is 2. The molecule has 2 aromatic rings. The maximum atomic E-state index is 12.0. The fraction of sp³-hybridized carbons (Fsp3) is 0.286.